The molecule has 9 heteroatoms. The lowest BCUT2D eigenvalue weighted by molar-refractivity contribution is -0.137. The minimum Gasteiger partial charge on any atom is -0.307 e. The van der Waals surface area contributed by atoms with Gasteiger partial charge >= 0.3 is 12.2 Å². The molecule has 3 amide bonds. The number of nitrogens with zero attached hydrogens (tertiary/aromatic N) is 1. The van der Waals surface area contributed by atoms with Gasteiger partial charge in [0.05, 0.1) is 17.3 Å². The van der Waals surface area contributed by atoms with Crippen molar-refractivity contribution in [3.63, 3.8) is 0 Å². The minimum absolute atomic E-state index is 0.0776. The summed E-state index contributed by atoms with van der Waals surface area (Å²) in [4.78, 5) is 28.4. The summed E-state index contributed by atoms with van der Waals surface area (Å²) in [5.74, 6) is 1.09. The van der Waals surface area contributed by atoms with Gasteiger partial charge < -0.3 is 5.32 Å². The van der Waals surface area contributed by atoms with Gasteiger partial charge in [-0.1, -0.05) is 61.7 Å². The van der Waals surface area contributed by atoms with Gasteiger partial charge in [0.1, 0.15) is 0 Å². The van der Waals surface area contributed by atoms with E-state index in [1.54, 1.807) is 12.1 Å². The fourth-order valence-electron chi connectivity index (χ4n) is 8.67. The Balaban J connectivity index is 1.34. The van der Waals surface area contributed by atoms with Crippen LogP contribution >= 0.6 is 23.2 Å². The number of fused-ring (bicyclic) bond motifs is 5. The highest BCUT2D eigenvalue weighted by Crippen LogP contribution is 2.64. The van der Waals surface area contributed by atoms with Crippen LogP contribution in [0.15, 0.2) is 48.6 Å². The molecule has 2 aromatic carbocycles. The Morgan fingerprint density at radius 3 is 2.46 bits per heavy atom. The third kappa shape index (κ3) is 4.77. The standard InChI is InChI=1S/C32H33Cl2F3N2O2/c1-30-13-3-4-23(30)22-9-10-27-31(2,24(22)11-14-30)15-12-28(40)39(27)29(41)38-26-16-18(32(35,36)37)5-7-21(26)20-8-6-19(33)17-25(20)34/h5-8,12,15-17,22-24,27H,3-4,9-11,13-14H2,1-2H3,(H,38,41)/t22-,23-,24-,27+,30-,31+/m0/s1. The fraction of sp³-hybridized carbons (Fsp3) is 0.500. The largest absolute Gasteiger partial charge is 0.416 e. The van der Waals surface area contributed by atoms with Crippen LogP contribution in [0.1, 0.15) is 64.4 Å². The van der Waals surface area contributed by atoms with Crippen LogP contribution in [0.5, 0.6) is 0 Å². The van der Waals surface area contributed by atoms with Crippen molar-refractivity contribution in [3.8, 4) is 11.1 Å². The van der Waals surface area contributed by atoms with Crippen LogP contribution in [0.2, 0.25) is 10.0 Å². The number of carbonyl (C=O) groups excluding carboxylic acids is 2. The molecule has 1 N–H and O–H groups in total. The molecule has 1 heterocycles. The van der Waals surface area contributed by atoms with Crippen molar-refractivity contribution in [2.24, 2.45) is 28.6 Å². The van der Waals surface area contributed by atoms with Crippen molar-refractivity contribution < 1.29 is 22.8 Å². The molecule has 41 heavy (non-hydrogen) atoms. The fourth-order valence-corrected chi connectivity index (χ4v) is 9.18. The Kier molecular flexibility index (Phi) is 7.01. The van der Waals surface area contributed by atoms with Gasteiger partial charge in [0.15, 0.2) is 0 Å². The Hall–Kier alpha value is -2.51. The predicted molar refractivity (Wildman–Crippen MR) is 155 cm³/mol. The number of carbonyl (C=O) groups is 2. The maximum Gasteiger partial charge on any atom is 0.416 e. The molecule has 6 atom stereocenters. The number of benzene rings is 2. The van der Waals surface area contributed by atoms with Crippen LogP contribution in [0.3, 0.4) is 0 Å². The summed E-state index contributed by atoms with van der Waals surface area (Å²) < 4.78 is 41.1. The molecule has 3 fully saturated rings. The number of rotatable bonds is 2. The van der Waals surface area contributed by atoms with E-state index in [0.29, 0.717) is 45.7 Å². The molecule has 0 aromatic heterocycles. The Morgan fingerprint density at radius 2 is 1.73 bits per heavy atom. The molecule has 0 spiro atoms. The van der Waals surface area contributed by atoms with Crippen molar-refractivity contribution in [2.75, 3.05) is 5.32 Å². The lowest BCUT2D eigenvalue weighted by Gasteiger charge is -2.59. The number of hydrogen-bond acceptors (Lipinski definition) is 2. The van der Waals surface area contributed by atoms with E-state index in [4.69, 9.17) is 23.2 Å². The average molecular weight is 606 g/mol. The molecular weight excluding hydrogens is 572 g/mol. The van der Waals surface area contributed by atoms with E-state index in [9.17, 15) is 22.8 Å². The highest BCUT2D eigenvalue weighted by molar-refractivity contribution is 6.36. The van der Waals surface area contributed by atoms with E-state index in [0.717, 1.165) is 31.4 Å². The van der Waals surface area contributed by atoms with E-state index >= 15 is 0 Å². The summed E-state index contributed by atoms with van der Waals surface area (Å²) in [7, 11) is 0. The quantitative estimate of drug-likeness (QED) is 0.371. The lowest BCUT2D eigenvalue weighted by Crippen LogP contribution is -2.62. The van der Waals surface area contributed by atoms with Crippen molar-refractivity contribution in [1.82, 2.24) is 4.90 Å². The number of amides is 3. The second-order valence-corrected chi connectivity index (χ2v) is 13.6. The summed E-state index contributed by atoms with van der Waals surface area (Å²) in [6.45, 7) is 4.58. The van der Waals surface area contributed by atoms with Gasteiger partial charge in [-0.25, -0.2) is 4.79 Å². The van der Waals surface area contributed by atoms with Crippen molar-refractivity contribution >= 4 is 40.8 Å². The molecule has 0 saturated heterocycles. The number of nitrogens with one attached hydrogen (secondary N) is 1. The maximum atomic E-state index is 13.9. The first-order chi connectivity index (χ1) is 19.3. The molecule has 6 rings (SSSR count). The molecule has 0 bridgehead atoms. The van der Waals surface area contributed by atoms with Crippen LogP contribution in [0, 0.1) is 28.6 Å². The van der Waals surface area contributed by atoms with Crippen LogP contribution in [-0.2, 0) is 11.0 Å². The minimum atomic E-state index is -4.63. The molecule has 4 nitrogen and oxygen atoms in total. The Morgan fingerprint density at radius 1 is 0.976 bits per heavy atom. The van der Waals surface area contributed by atoms with E-state index in [1.807, 2.05) is 6.08 Å². The third-order valence-corrected chi connectivity index (χ3v) is 11.2. The van der Waals surface area contributed by atoms with Crippen LogP contribution in [0.4, 0.5) is 23.7 Å². The molecule has 0 radical (unpaired) electrons. The van der Waals surface area contributed by atoms with E-state index < -0.39 is 29.1 Å². The Labute approximate surface area is 248 Å². The number of urea groups is 1. The van der Waals surface area contributed by atoms with Crippen LogP contribution < -0.4 is 5.32 Å². The zero-order valence-corrected chi connectivity index (χ0v) is 24.5. The molecule has 2 aromatic rings. The van der Waals surface area contributed by atoms with E-state index in [1.165, 1.54) is 42.4 Å². The zero-order valence-electron chi connectivity index (χ0n) is 23.0. The van der Waals surface area contributed by atoms with Gasteiger partial charge in [-0.05, 0) is 86.0 Å². The van der Waals surface area contributed by atoms with E-state index in [-0.39, 0.29) is 16.8 Å². The number of halogens is 5. The third-order valence-electron chi connectivity index (χ3n) is 10.7. The number of hydrogen-bond donors (Lipinski definition) is 1. The van der Waals surface area contributed by atoms with Gasteiger partial charge in [-0.2, -0.15) is 13.2 Å². The van der Waals surface area contributed by atoms with Gasteiger partial charge in [-0.3, -0.25) is 9.69 Å². The SMILES string of the molecule is C[C@@]12CCC[C@H]1[C@@H]1CC[C@H]3N(C(=O)Nc4cc(C(F)(F)F)ccc4-c4ccc(Cl)cc4Cl)C(=O)C=C[C@]3(C)[C@H]1CC2. The summed E-state index contributed by atoms with van der Waals surface area (Å²) in [6.07, 6.45) is 6.40. The monoisotopic (exact) mass is 604 g/mol. The van der Waals surface area contributed by atoms with Crippen molar-refractivity contribution in [1.29, 1.82) is 0 Å². The molecular formula is C32H33Cl2F3N2O2. The lowest BCUT2D eigenvalue weighted by atomic mass is 9.48. The highest BCUT2D eigenvalue weighted by Gasteiger charge is 2.59. The molecule has 1 aliphatic heterocycles. The Bertz CT molecular complexity index is 1440. The summed E-state index contributed by atoms with van der Waals surface area (Å²) in [5.41, 5.74) is -0.304. The molecule has 0 unspecified atom stereocenters. The van der Waals surface area contributed by atoms with Gasteiger partial charge in [0.2, 0.25) is 0 Å². The number of imide groups is 1. The van der Waals surface area contributed by atoms with Crippen molar-refractivity contribution in [2.45, 2.75) is 71.0 Å². The summed E-state index contributed by atoms with van der Waals surface area (Å²) >= 11 is 12.4. The second kappa shape index (κ2) is 10.0. The summed E-state index contributed by atoms with van der Waals surface area (Å²) in [6, 6.07) is 6.67. The smallest absolute Gasteiger partial charge is 0.307 e. The van der Waals surface area contributed by atoms with Crippen molar-refractivity contribution in [3.05, 3.63) is 64.2 Å². The molecule has 3 aliphatic carbocycles. The first-order valence-corrected chi connectivity index (χ1v) is 15.1. The average Bonchev–Trinajstić information content (AvgIpc) is 3.30. The summed E-state index contributed by atoms with van der Waals surface area (Å²) in [5, 5.41) is 3.27. The van der Waals surface area contributed by atoms with Gasteiger partial charge in [0, 0.05) is 32.7 Å². The first-order valence-electron chi connectivity index (χ1n) is 14.3. The molecule has 3 saturated carbocycles. The van der Waals surface area contributed by atoms with Gasteiger partial charge in [0.25, 0.3) is 5.91 Å². The number of anilines is 1. The zero-order chi connectivity index (χ0) is 29.3. The van der Waals surface area contributed by atoms with Crippen LogP contribution in [0.25, 0.3) is 11.1 Å². The molecule has 4 aliphatic rings. The highest BCUT2D eigenvalue weighted by atomic mass is 35.5. The number of alkyl halides is 3. The topological polar surface area (TPSA) is 49.4 Å². The maximum absolute atomic E-state index is 13.9. The normalized spacial score (nSPS) is 32.8. The van der Waals surface area contributed by atoms with Crippen LogP contribution in [-0.4, -0.2) is 22.9 Å². The predicted octanol–water partition coefficient (Wildman–Crippen LogP) is 9.61. The first kappa shape index (κ1) is 28.6. The van der Waals surface area contributed by atoms with Gasteiger partial charge in [-0.15, -0.1) is 0 Å². The second-order valence-electron chi connectivity index (χ2n) is 12.8. The van der Waals surface area contributed by atoms with E-state index in [2.05, 4.69) is 19.2 Å². The molecule has 218 valence electrons.